The van der Waals surface area contributed by atoms with Crippen molar-refractivity contribution in [3.05, 3.63) is 52.7 Å². The van der Waals surface area contributed by atoms with E-state index in [1.54, 1.807) is 24.3 Å². The number of para-hydroxylation sites is 1. The highest BCUT2D eigenvalue weighted by Crippen LogP contribution is 2.40. The molecule has 1 fully saturated rings. The van der Waals surface area contributed by atoms with Gasteiger partial charge >= 0.3 is 5.97 Å². The standard InChI is InChI=1S/C19H17N5O6S2/c20-19-21-11(8-32-19)12(23-29)15(25)22-13-16(26)24-14(18(27)28)9(7-31-17(13)24)6-30-10-4-2-1-3-5-10/h1-5,8,13,17,29H,6-7H2,(H2,20,21)(H,22,25)(H,27,28)/b23-12-/t13-,17-/m1/s1. The molecule has 1 aromatic heterocycles. The Morgan fingerprint density at radius 1 is 1.34 bits per heavy atom. The van der Waals surface area contributed by atoms with Crippen LogP contribution in [-0.4, -0.2) is 67.5 Å². The van der Waals surface area contributed by atoms with Crippen LogP contribution in [0, 0.1) is 0 Å². The van der Waals surface area contributed by atoms with Crippen LogP contribution in [0.1, 0.15) is 5.69 Å². The quantitative estimate of drug-likeness (QED) is 0.195. The maximum atomic E-state index is 12.7. The lowest BCUT2D eigenvalue weighted by Crippen LogP contribution is -2.71. The monoisotopic (exact) mass is 475 g/mol. The number of nitrogens with zero attached hydrogens (tertiary/aromatic N) is 3. The van der Waals surface area contributed by atoms with Crippen molar-refractivity contribution in [2.24, 2.45) is 5.16 Å². The highest BCUT2D eigenvalue weighted by atomic mass is 32.2. The first kappa shape index (κ1) is 21.6. The molecular weight excluding hydrogens is 458 g/mol. The summed E-state index contributed by atoms with van der Waals surface area (Å²) in [6, 6.07) is 7.94. The minimum Gasteiger partial charge on any atom is -0.489 e. The molecule has 2 atom stereocenters. The molecule has 0 saturated carbocycles. The van der Waals surface area contributed by atoms with Crippen molar-refractivity contribution in [3.8, 4) is 5.75 Å². The number of ether oxygens (including phenoxy) is 1. The van der Waals surface area contributed by atoms with Crippen LogP contribution in [0.5, 0.6) is 5.75 Å². The number of hydrogen-bond acceptors (Lipinski definition) is 10. The summed E-state index contributed by atoms with van der Waals surface area (Å²) in [5.74, 6) is -1.78. The number of fused-ring (bicyclic) bond motifs is 1. The molecule has 5 N–H and O–H groups in total. The lowest BCUT2D eigenvalue weighted by molar-refractivity contribution is -0.150. The van der Waals surface area contributed by atoms with E-state index in [0.29, 0.717) is 17.1 Å². The molecule has 2 aliphatic heterocycles. The number of carbonyl (C=O) groups excluding carboxylic acids is 2. The summed E-state index contributed by atoms with van der Waals surface area (Å²) in [7, 11) is 0. The van der Waals surface area contributed by atoms with E-state index in [4.69, 9.17) is 10.5 Å². The molecule has 3 heterocycles. The number of hydrogen-bond donors (Lipinski definition) is 4. The van der Waals surface area contributed by atoms with Gasteiger partial charge in [-0.25, -0.2) is 9.78 Å². The summed E-state index contributed by atoms with van der Waals surface area (Å²) in [5, 5.41) is 25.4. The van der Waals surface area contributed by atoms with Gasteiger partial charge in [0.05, 0.1) is 0 Å². The fraction of sp³-hybridized carbons (Fsp3) is 0.211. The van der Waals surface area contributed by atoms with Gasteiger partial charge in [0.25, 0.3) is 11.8 Å². The Hall–Kier alpha value is -3.58. The Labute approximate surface area is 189 Å². The molecule has 2 amide bonds. The number of aromatic nitrogens is 1. The summed E-state index contributed by atoms with van der Waals surface area (Å²) in [5.41, 5.74) is 5.52. The number of thiazole rings is 1. The number of nitrogens with two attached hydrogens (primary N) is 1. The summed E-state index contributed by atoms with van der Waals surface area (Å²) in [4.78, 5) is 42.2. The van der Waals surface area contributed by atoms with E-state index >= 15 is 0 Å². The van der Waals surface area contributed by atoms with Gasteiger partial charge in [-0.05, 0) is 12.1 Å². The Morgan fingerprint density at radius 3 is 2.72 bits per heavy atom. The Balaban J connectivity index is 1.48. The second-order valence-electron chi connectivity index (χ2n) is 6.74. The third-order valence-corrected chi connectivity index (χ3v) is 6.79. The van der Waals surface area contributed by atoms with Crippen LogP contribution in [0.4, 0.5) is 5.13 Å². The molecule has 2 aliphatic rings. The second kappa shape index (κ2) is 8.88. The van der Waals surface area contributed by atoms with Crippen molar-refractivity contribution < 1.29 is 29.4 Å². The van der Waals surface area contributed by atoms with Crippen molar-refractivity contribution in [1.82, 2.24) is 15.2 Å². The van der Waals surface area contributed by atoms with Gasteiger partial charge in [0.2, 0.25) is 0 Å². The van der Waals surface area contributed by atoms with E-state index in [1.165, 1.54) is 17.1 Å². The molecule has 0 spiro atoms. The third kappa shape index (κ3) is 3.99. The van der Waals surface area contributed by atoms with Crippen molar-refractivity contribution in [3.63, 3.8) is 0 Å². The highest BCUT2D eigenvalue weighted by molar-refractivity contribution is 8.00. The normalized spacial score (nSPS) is 20.4. The molecule has 166 valence electrons. The number of nitrogen functional groups attached to an aromatic ring is 1. The summed E-state index contributed by atoms with van der Waals surface area (Å²) in [6.45, 7) is 0.0126. The molecule has 2 aromatic rings. The van der Waals surface area contributed by atoms with Gasteiger partial charge in [-0.15, -0.1) is 23.1 Å². The lowest BCUT2D eigenvalue weighted by Gasteiger charge is -2.49. The molecule has 0 aliphatic carbocycles. The first-order valence-electron chi connectivity index (χ1n) is 9.23. The van der Waals surface area contributed by atoms with Gasteiger partial charge in [-0.1, -0.05) is 23.4 Å². The smallest absolute Gasteiger partial charge is 0.352 e. The number of benzene rings is 1. The molecule has 0 radical (unpaired) electrons. The van der Waals surface area contributed by atoms with E-state index in [-0.39, 0.29) is 23.1 Å². The molecule has 0 unspecified atom stereocenters. The average molecular weight is 476 g/mol. The van der Waals surface area contributed by atoms with Gasteiger partial charge in [0.15, 0.2) is 10.8 Å². The molecule has 1 saturated heterocycles. The van der Waals surface area contributed by atoms with E-state index in [2.05, 4.69) is 15.5 Å². The second-order valence-corrected chi connectivity index (χ2v) is 8.73. The first-order chi connectivity index (χ1) is 15.4. The minimum atomic E-state index is -1.25. The number of β-lactam (4-membered cyclic amide) rings is 1. The Morgan fingerprint density at radius 2 is 2.09 bits per heavy atom. The zero-order valence-electron chi connectivity index (χ0n) is 16.3. The number of anilines is 1. The number of thioether (sulfide) groups is 1. The number of aliphatic carboxylic acids is 1. The molecule has 4 rings (SSSR count). The van der Waals surface area contributed by atoms with Crippen LogP contribution >= 0.6 is 23.1 Å². The SMILES string of the molecule is Nc1nc(/C(=N/O)C(=O)N[C@@H]2C(=O)N3C(C(=O)O)=C(COc4ccccc4)CS[C@H]23)cs1. The van der Waals surface area contributed by atoms with Gasteiger partial charge in [-0.3, -0.25) is 14.5 Å². The fourth-order valence-corrected chi connectivity index (χ4v) is 5.18. The zero-order valence-corrected chi connectivity index (χ0v) is 17.9. The van der Waals surface area contributed by atoms with Crippen LogP contribution in [-0.2, 0) is 14.4 Å². The first-order valence-corrected chi connectivity index (χ1v) is 11.2. The van der Waals surface area contributed by atoms with Crippen LogP contribution in [0.15, 0.2) is 52.1 Å². The van der Waals surface area contributed by atoms with Gasteiger partial charge < -0.3 is 26.1 Å². The number of carbonyl (C=O) groups is 3. The Bertz CT molecular complexity index is 1130. The Kier molecular flexibility index (Phi) is 6.01. The predicted octanol–water partition coefficient (Wildman–Crippen LogP) is 0.721. The van der Waals surface area contributed by atoms with Crippen molar-refractivity contribution in [1.29, 1.82) is 0 Å². The number of oxime groups is 1. The van der Waals surface area contributed by atoms with Gasteiger partial charge in [-0.2, -0.15) is 0 Å². The van der Waals surface area contributed by atoms with Crippen molar-refractivity contribution in [2.75, 3.05) is 18.1 Å². The minimum absolute atomic E-state index is 0.0126. The molecule has 1 aromatic carbocycles. The van der Waals surface area contributed by atoms with Crippen LogP contribution < -0.4 is 15.8 Å². The number of carboxylic acids is 1. The van der Waals surface area contributed by atoms with Crippen LogP contribution in [0.2, 0.25) is 0 Å². The lowest BCUT2D eigenvalue weighted by atomic mass is 10.0. The van der Waals surface area contributed by atoms with E-state index < -0.39 is 34.9 Å². The van der Waals surface area contributed by atoms with Crippen molar-refractivity contribution in [2.45, 2.75) is 11.4 Å². The number of rotatable bonds is 7. The molecular formula is C19H17N5O6S2. The summed E-state index contributed by atoms with van der Waals surface area (Å²) in [6.07, 6.45) is 0. The summed E-state index contributed by atoms with van der Waals surface area (Å²) >= 11 is 2.37. The van der Waals surface area contributed by atoms with Gasteiger partial charge in [0, 0.05) is 16.7 Å². The van der Waals surface area contributed by atoms with Gasteiger partial charge in [0.1, 0.15) is 35.2 Å². The number of carboxylic acid groups (broad SMARTS) is 1. The van der Waals surface area contributed by atoms with Crippen LogP contribution in [0.3, 0.4) is 0 Å². The average Bonchev–Trinajstić information content (AvgIpc) is 3.22. The fourth-order valence-electron chi connectivity index (χ4n) is 3.30. The summed E-state index contributed by atoms with van der Waals surface area (Å²) < 4.78 is 5.66. The predicted molar refractivity (Wildman–Crippen MR) is 116 cm³/mol. The maximum Gasteiger partial charge on any atom is 0.352 e. The molecule has 32 heavy (non-hydrogen) atoms. The third-order valence-electron chi connectivity index (χ3n) is 4.77. The largest absolute Gasteiger partial charge is 0.489 e. The molecule has 13 heteroatoms. The van der Waals surface area contributed by atoms with Crippen LogP contribution in [0.25, 0.3) is 0 Å². The van der Waals surface area contributed by atoms with E-state index in [1.807, 2.05) is 6.07 Å². The number of nitrogens with one attached hydrogen (secondary N) is 1. The highest BCUT2D eigenvalue weighted by Gasteiger charge is 2.54. The number of amides is 2. The molecule has 0 bridgehead atoms. The molecule has 11 nitrogen and oxygen atoms in total. The van der Waals surface area contributed by atoms with Crippen molar-refractivity contribution >= 4 is 51.7 Å². The maximum absolute atomic E-state index is 12.7. The van der Waals surface area contributed by atoms with E-state index in [0.717, 1.165) is 16.2 Å². The topological polar surface area (TPSA) is 167 Å². The zero-order chi connectivity index (χ0) is 22.8. The van der Waals surface area contributed by atoms with E-state index in [9.17, 15) is 24.7 Å².